The zero-order chi connectivity index (χ0) is 19.6. The van der Waals surface area contributed by atoms with Gasteiger partial charge in [-0.2, -0.15) is 0 Å². The molecule has 0 heterocycles. The van der Waals surface area contributed by atoms with Gasteiger partial charge in [0.05, 0.1) is 25.2 Å². The molecule has 0 saturated heterocycles. The zero-order valence-corrected chi connectivity index (χ0v) is 15.6. The molecular weight excluding hydrogens is 349 g/mol. The van der Waals surface area contributed by atoms with Gasteiger partial charge in [0.25, 0.3) is 5.91 Å². The van der Waals surface area contributed by atoms with Crippen molar-refractivity contribution in [3.8, 4) is 0 Å². The molecule has 142 valence electrons. The molecule has 1 amide bonds. The number of methoxy groups -OCH3 is 1. The minimum absolute atomic E-state index is 0.000602. The summed E-state index contributed by atoms with van der Waals surface area (Å²) < 4.78 is 17.9. The summed E-state index contributed by atoms with van der Waals surface area (Å²) in [7, 11) is 4.38. The SMILES string of the molecule is COC(=O)c1ccc([C@@H]2C[C@]2(Cc2ccc(F)cc2)C(=O)N(C)OC)cc1. The Morgan fingerprint density at radius 1 is 1.11 bits per heavy atom. The predicted molar refractivity (Wildman–Crippen MR) is 97.5 cm³/mol. The summed E-state index contributed by atoms with van der Waals surface area (Å²) in [5.74, 6) is -0.820. The fraction of sp³-hybridized carbons (Fsp3) is 0.333. The third-order valence-corrected chi connectivity index (χ3v) is 5.23. The van der Waals surface area contributed by atoms with E-state index in [1.807, 2.05) is 12.1 Å². The van der Waals surface area contributed by atoms with Gasteiger partial charge in [-0.1, -0.05) is 24.3 Å². The van der Waals surface area contributed by atoms with Crippen LogP contribution in [0.2, 0.25) is 0 Å². The highest BCUT2D eigenvalue weighted by Crippen LogP contribution is 2.62. The summed E-state index contributed by atoms with van der Waals surface area (Å²) in [6, 6.07) is 13.3. The van der Waals surface area contributed by atoms with Gasteiger partial charge in [-0.3, -0.25) is 9.63 Å². The van der Waals surface area contributed by atoms with Crippen LogP contribution in [-0.2, 0) is 20.8 Å². The fourth-order valence-corrected chi connectivity index (χ4v) is 3.58. The van der Waals surface area contributed by atoms with Crippen molar-refractivity contribution in [3.63, 3.8) is 0 Å². The van der Waals surface area contributed by atoms with Gasteiger partial charge in [0.1, 0.15) is 5.82 Å². The Labute approximate surface area is 157 Å². The van der Waals surface area contributed by atoms with Crippen molar-refractivity contribution in [1.29, 1.82) is 0 Å². The second-order valence-electron chi connectivity index (χ2n) is 6.81. The van der Waals surface area contributed by atoms with Crippen LogP contribution in [0.25, 0.3) is 0 Å². The topological polar surface area (TPSA) is 55.8 Å². The Bertz CT molecular complexity index is 834. The number of amides is 1. The van der Waals surface area contributed by atoms with E-state index in [0.29, 0.717) is 18.4 Å². The van der Waals surface area contributed by atoms with E-state index in [-0.39, 0.29) is 17.6 Å². The Morgan fingerprint density at radius 2 is 1.74 bits per heavy atom. The molecule has 1 fully saturated rings. The number of benzene rings is 2. The summed E-state index contributed by atoms with van der Waals surface area (Å²) in [6.07, 6.45) is 1.15. The monoisotopic (exact) mass is 371 g/mol. The molecule has 0 radical (unpaired) electrons. The Kier molecular flexibility index (Phi) is 5.28. The molecule has 1 aliphatic rings. The van der Waals surface area contributed by atoms with Gasteiger partial charge in [0.15, 0.2) is 0 Å². The van der Waals surface area contributed by atoms with Gasteiger partial charge in [-0.25, -0.2) is 14.2 Å². The maximum atomic E-state index is 13.2. The number of esters is 1. The van der Waals surface area contributed by atoms with E-state index in [1.54, 1.807) is 31.3 Å². The molecule has 27 heavy (non-hydrogen) atoms. The first-order valence-electron chi connectivity index (χ1n) is 8.66. The minimum atomic E-state index is -0.643. The molecule has 1 saturated carbocycles. The predicted octanol–water partition coefficient (Wildman–Crippen LogP) is 3.35. The largest absolute Gasteiger partial charge is 0.465 e. The molecule has 0 bridgehead atoms. The van der Waals surface area contributed by atoms with Gasteiger partial charge in [-0.05, 0) is 54.2 Å². The number of hydrogen-bond donors (Lipinski definition) is 0. The van der Waals surface area contributed by atoms with E-state index in [2.05, 4.69) is 0 Å². The van der Waals surface area contributed by atoms with E-state index < -0.39 is 11.4 Å². The Hall–Kier alpha value is -2.73. The van der Waals surface area contributed by atoms with Crippen LogP contribution in [0.3, 0.4) is 0 Å². The van der Waals surface area contributed by atoms with Crippen molar-refractivity contribution >= 4 is 11.9 Å². The first-order chi connectivity index (χ1) is 12.9. The van der Waals surface area contributed by atoms with Crippen LogP contribution in [0, 0.1) is 11.2 Å². The second kappa shape index (κ2) is 7.48. The summed E-state index contributed by atoms with van der Waals surface area (Å²) >= 11 is 0. The van der Waals surface area contributed by atoms with Crippen LogP contribution >= 0.6 is 0 Å². The summed E-state index contributed by atoms with van der Waals surface area (Å²) in [5, 5.41) is 1.24. The number of carbonyl (C=O) groups excluding carboxylic acids is 2. The number of carbonyl (C=O) groups is 2. The lowest BCUT2D eigenvalue weighted by Crippen LogP contribution is -2.35. The summed E-state index contributed by atoms with van der Waals surface area (Å²) in [5.41, 5.74) is 1.69. The van der Waals surface area contributed by atoms with E-state index >= 15 is 0 Å². The fourth-order valence-electron chi connectivity index (χ4n) is 3.58. The molecule has 2 aromatic rings. The third-order valence-electron chi connectivity index (χ3n) is 5.23. The summed E-state index contributed by atoms with van der Waals surface area (Å²) in [4.78, 5) is 29.7. The molecule has 3 rings (SSSR count). The van der Waals surface area contributed by atoms with Crippen LogP contribution in [0.5, 0.6) is 0 Å². The van der Waals surface area contributed by atoms with E-state index in [0.717, 1.165) is 11.1 Å². The molecule has 2 aromatic carbocycles. The maximum Gasteiger partial charge on any atom is 0.337 e. The average Bonchev–Trinajstić information content (AvgIpc) is 3.43. The Balaban J connectivity index is 1.87. The lowest BCUT2D eigenvalue weighted by atomic mass is 9.90. The first-order valence-corrected chi connectivity index (χ1v) is 8.66. The first kappa shape index (κ1) is 19.0. The number of halogens is 1. The summed E-state index contributed by atoms with van der Waals surface area (Å²) in [6.45, 7) is 0. The van der Waals surface area contributed by atoms with Crippen LogP contribution < -0.4 is 0 Å². The van der Waals surface area contributed by atoms with Crippen molar-refractivity contribution in [2.75, 3.05) is 21.3 Å². The molecular formula is C21H22FNO4. The van der Waals surface area contributed by atoms with Crippen molar-refractivity contribution in [2.24, 2.45) is 5.41 Å². The molecule has 2 atom stereocenters. The van der Waals surface area contributed by atoms with Gasteiger partial charge >= 0.3 is 5.97 Å². The Morgan fingerprint density at radius 3 is 2.30 bits per heavy atom. The van der Waals surface area contributed by atoms with Crippen molar-refractivity contribution in [2.45, 2.75) is 18.8 Å². The van der Waals surface area contributed by atoms with Gasteiger partial charge in [0.2, 0.25) is 0 Å². The van der Waals surface area contributed by atoms with Gasteiger partial charge < -0.3 is 4.74 Å². The lowest BCUT2D eigenvalue weighted by Gasteiger charge is -2.23. The lowest BCUT2D eigenvalue weighted by molar-refractivity contribution is -0.175. The number of hydroxylamine groups is 2. The molecule has 0 spiro atoms. The van der Waals surface area contributed by atoms with Crippen molar-refractivity contribution in [1.82, 2.24) is 5.06 Å². The molecule has 0 aliphatic heterocycles. The highest BCUT2D eigenvalue weighted by atomic mass is 19.1. The van der Waals surface area contributed by atoms with Crippen LogP contribution in [0.1, 0.15) is 33.8 Å². The molecule has 0 unspecified atom stereocenters. The average molecular weight is 371 g/mol. The van der Waals surface area contributed by atoms with E-state index in [9.17, 15) is 14.0 Å². The van der Waals surface area contributed by atoms with E-state index in [1.165, 1.54) is 31.4 Å². The maximum absolute atomic E-state index is 13.2. The van der Waals surface area contributed by atoms with Crippen molar-refractivity contribution in [3.05, 3.63) is 71.0 Å². The van der Waals surface area contributed by atoms with Gasteiger partial charge in [0, 0.05) is 7.05 Å². The number of ether oxygens (including phenoxy) is 1. The quantitative estimate of drug-likeness (QED) is 0.577. The molecule has 0 N–H and O–H groups in total. The highest BCUT2D eigenvalue weighted by molar-refractivity contribution is 5.90. The molecule has 6 heteroatoms. The minimum Gasteiger partial charge on any atom is -0.465 e. The third kappa shape index (κ3) is 3.71. The normalized spacial score (nSPS) is 20.8. The van der Waals surface area contributed by atoms with Crippen LogP contribution in [0.4, 0.5) is 4.39 Å². The molecule has 0 aromatic heterocycles. The second-order valence-corrected chi connectivity index (χ2v) is 6.81. The highest BCUT2D eigenvalue weighted by Gasteiger charge is 2.61. The zero-order valence-electron chi connectivity index (χ0n) is 15.6. The van der Waals surface area contributed by atoms with Crippen LogP contribution in [-0.4, -0.2) is 38.2 Å². The van der Waals surface area contributed by atoms with Crippen LogP contribution in [0.15, 0.2) is 48.5 Å². The smallest absolute Gasteiger partial charge is 0.337 e. The molecule has 1 aliphatic carbocycles. The van der Waals surface area contributed by atoms with Gasteiger partial charge in [-0.15, -0.1) is 0 Å². The number of hydrogen-bond acceptors (Lipinski definition) is 4. The molecule has 5 nitrogen and oxygen atoms in total. The number of rotatable bonds is 6. The number of nitrogens with zero attached hydrogens (tertiary/aromatic N) is 1. The standard InChI is InChI=1S/C21H22FNO4/c1-23(27-3)20(25)21(12-14-4-10-17(22)11-5-14)13-18(21)15-6-8-16(9-7-15)19(24)26-2/h4-11,18H,12-13H2,1-3H3/t18-,21-/m0/s1. The van der Waals surface area contributed by atoms with E-state index in [4.69, 9.17) is 9.57 Å². The van der Waals surface area contributed by atoms with Crippen molar-refractivity contribution < 1.29 is 23.6 Å².